The summed E-state index contributed by atoms with van der Waals surface area (Å²) in [5.74, 6) is -0.127. The van der Waals surface area contributed by atoms with Crippen LogP contribution in [-0.2, 0) is 0 Å². The van der Waals surface area contributed by atoms with Crippen molar-refractivity contribution in [1.82, 2.24) is 9.88 Å². The molecular formula is C18H22N2O3. The van der Waals surface area contributed by atoms with Crippen LogP contribution < -0.4 is 5.43 Å². The number of aliphatic hydroxyl groups excluding tert-OH is 1. The molecule has 0 radical (unpaired) electrons. The second-order valence-corrected chi connectivity index (χ2v) is 6.62. The Labute approximate surface area is 134 Å². The quantitative estimate of drug-likeness (QED) is 0.845. The van der Waals surface area contributed by atoms with E-state index in [1.807, 2.05) is 32.9 Å². The summed E-state index contributed by atoms with van der Waals surface area (Å²) in [5.41, 5.74) is 2.64. The van der Waals surface area contributed by atoms with Crippen LogP contribution in [-0.4, -0.2) is 40.1 Å². The van der Waals surface area contributed by atoms with Gasteiger partial charge in [0, 0.05) is 24.7 Å². The van der Waals surface area contributed by atoms with Crippen molar-refractivity contribution in [2.24, 2.45) is 5.92 Å². The number of β-amino-alcohol motifs (C(OH)–C–C–N with tert-alkyl or cyclic N) is 1. The van der Waals surface area contributed by atoms with Crippen LogP contribution in [0.25, 0.3) is 10.9 Å². The summed E-state index contributed by atoms with van der Waals surface area (Å²) in [7, 11) is 0. The zero-order valence-corrected chi connectivity index (χ0v) is 13.7. The Kier molecular flexibility index (Phi) is 3.98. The Bertz CT molecular complexity index is 825. The summed E-state index contributed by atoms with van der Waals surface area (Å²) in [6.45, 7) is 6.70. The molecule has 1 saturated heterocycles. The first-order valence-corrected chi connectivity index (χ1v) is 7.98. The summed E-state index contributed by atoms with van der Waals surface area (Å²) >= 11 is 0. The van der Waals surface area contributed by atoms with Gasteiger partial charge in [0.2, 0.25) is 5.43 Å². The molecule has 2 N–H and O–H groups in total. The fourth-order valence-corrected chi connectivity index (χ4v) is 3.26. The molecule has 2 aromatic rings. The first-order valence-electron chi connectivity index (χ1n) is 7.98. The van der Waals surface area contributed by atoms with Crippen LogP contribution in [0.15, 0.2) is 23.1 Å². The molecule has 0 spiro atoms. The first-order chi connectivity index (χ1) is 10.9. The van der Waals surface area contributed by atoms with Gasteiger partial charge in [0.15, 0.2) is 0 Å². The highest BCUT2D eigenvalue weighted by Crippen LogP contribution is 2.20. The summed E-state index contributed by atoms with van der Waals surface area (Å²) in [4.78, 5) is 30.1. The molecule has 2 heterocycles. The van der Waals surface area contributed by atoms with Gasteiger partial charge in [0.05, 0.1) is 11.6 Å². The predicted molar refractivity (Wildman–Crippen MR) is 89.7 cm³/mol. The number of benzene rings is 1. The van der Waals surface area contributed by atoms with Gasteiger partial charge in [-0.05, 0) is 43.4 Å². The number of H-pyrrole nitrogens is 1. The van der Waals surface area contributed by atoms with Crippen LogP contribution in [0, 0.1) is 19.8 Å². The Morgan fingerprint density at radius 1 is 1.35 bits per heavy atom. The van der Waals surface area contributed by atoms with Crippen molar-refractivity contribution in [3.8, 4) is 0 Å². The highest BCUT2D eigenvalue weighted by atomic mass is 16.3. The Balaban J connectivity index is 2.02. The van der Waals surface area contributed by atoms with Gasteiger partial charge in [-0.25, -0.2) is 0 Å². The van der Waals surface area contributed by atoms with E-state index < -0.39 is 6.10 Å². The van der Waals surface area contributed by atoms with Gasteiger partial charge in [-0.15, -0.1) is 0 Å². The van der Waals surface area contributed by atoms with Gasteiger partial charge in [-0.2, -0.15) is 0 Å². The zero-order chi connectivity index (χ0) is 16.7. The molecule has 1 amide bonds. The molecule has 1 aromatic heterocycles. The largest absolute Gasteiger partial charge is 0.391 e. The number of fused-ring (bicyclic) bond motifs is 1. The number of aromatic nitrogens is 1. The standard InChI is InChI=1S/C18H22N2O3/c1-10-6-12(3)16-13(7-10)17(22)14(8-19-16)18(23)20-5-4-11(2)15(21)9-20/h6-8,11,15,21H,4-5,9H2,1-3H3,(H,19,22)/t11-,15+/m0/s1. The number of hydrogen-bond acceptors (Lipinski definition) is 3. The van der Waals surface area contributed by atoms with Crippen LogP contribution in [0.3, 0.4) is 0 Å². The van der Waals surface area contributed by atoms with Gasteiger partial charge >= 0.3 is 0 Å². The fourth-order valence-electron chi connectivity index (χ4n) is 3.26. The number of pyridine rings is 1. The minimum Gasteiger partial charge on any atom is -0.391 e. The third-order valence-electron chi connectivity index (χ3n) is 4.77. The van der Waals surface area contributed by atoms with E-state index in [4.69, 9.17) is 0 Å². The van der Waals surface area contributed by atoms with E-state index in [9.17, 15) is 14.7 Å². The number of carbonyl (C=O) groups is 1. The second-order valence-electron chi connectivity index (χ2n) is 6.62. The number of aromatic amines is 1. The second kappa shape index (κ2) is 5.81. The Morgan fingerprint density at radius 3 is 2.78 bits per heavy atom. The number of amides is 1. The number of rotatable bonds is 1. The lowest BCUT2D eigenvalue weighted by Crippen LogP contribution is -2.46. The molecule has 5 nitrogen and oxygen atoms in total. The van der Waals surface area contributed by atoms with Crippen molar-refractivity contribution in [3.05, 3.63) is 45.2 Å². The number of aryl methyl sites for hydroxylation is 2. The minimum absolute atomic E-state index is 0.143. The lowest BCUT2D eigenvalue weighted by molar-refractivity contribution is 0.0248. The number of hydrogen-bond donors (Lipinski definition) is 2. The van der Waals surface area contributed by atoms with Crippen molar-refractivity contribution in [3.63, 3.8) is 0 Å². The van der Waals surface area contributed by atoms with Gasteiger partial charge in [0.25, 0.3) is 5.91 Å². The van der Waals surface area contributed by atoms with E-state index in [0.29, 0.717) is 11.9 Å². The number of carbonyl (C=O) groups excluding carboxylic acids is 1. The van der Waals surface area contributed by atoms with Crippen molar-refractivity contribution in [1.29, 1.82) is 0 Å². The predicted octanol–water partition coefficient (Wildman–Crippen LogP) is 1.99. The van der Waals surface area contributed by atoms with E-state index >= 15 is 0 Å². The molecule has 0 bridgehead atoms. The Morgan fingerprint density at radius 2 is 2.09 bits per heavy atom. The van der Waals surface area contributed by atoms with Crippen LogP contribution in [0.4, 0.5) is 0 Å². The minimum atomic E-state index is -0.531. The highest BCUT2D eigenvalue weighted by molar-refractivity contribution is 5.97. The number of piperidine rings is 1. The van der Waals surface area contributed by atoms with Crippen LogP contribution in [0.1, 0.15) is 34.8 Å². The van der Waals surface area contributed by atoms with E-state index in [1.165, 1.54) is 6.20 Å². The van der Waals surface area contributed by atoms with Gasteiger partial charge in [0.1, 0.15) is 5.56 Å². The molecule has 23 heavy (non-hydrogen) atoms. The number of nitrogens with one attached hydrogen (secondary N) is 1. The fraction of sp³-hybridized carbons (Fsp3) is 0.444. The molecule has 0 saturated carbocycles. The molecule has 0 unspecified atom stereocenters. The van der Waals surface area contributed by atoms with Gasteiger partial charge < -0.3 is 15.0 Å². The summed E-state index contributed by atoms with van der Waals surface area (Å²) in [6.07, 6.45) is 1.72. The Hall–Kier alpha value is -2.14. The van der Waals surface area contributed by atoms with Crippen molar-refractivity contribution in [2.45, 2.75) is 33.3 Å². The maximum atomic E-state index is 12.7. The van der Waals surface area contributed by atoms with Crippen molar-refractivity contribution >= 4 is 16.8 Å². The highest BCUT2D eigenvalue weighted by Gasteiger charge is 2.29. The molecular weight excluding hydrogens is 292 g/mol. The van der Waals surface area contributed by atoms with Gasteiger partial charge in [-0.3, -0.25) is 9.59 Å². The van der Waals surface area contributed by atoms with Crippen LogP contribution in [0.5, 0.6) is 0 Å². The summed E-state index contributed by atoms with van der Waals surface area (Å²) in [5, 5.41) is 10.5. The maximum Gasteiger partial charge on any atom is 0.259 e. The molecule has 1 aliphatic heterocycles. The summed E-state index contributed by atoms with van der Waals surface area (Å²) < 4.78 is 0. The molecule has 1 fully saturated rings. The molecule has 122 valence electrons. The molecule has 1 aliphatic rings. The third kappa shape index (κ3) is 2.77. The zero-order valence-electron chi connectivity index (χ0n) is 13.7. The third-order valence-corrected chi connectivity index (χ3v) is 4.77. The molecule has 3 rings (SSSR count). The average Bonchev–Trinajstić information content (AvgIpc) is 2.50. The average molecular weight is 314 g/mol. The van der Waals surface area contributed by atoms with E-state index in [-0.39, 0.29) is 29.4 Å². The van der Waals surface area contributed by atoms with Crippen molar-refractivity contribution < 1.29 is 9.90 Å². The normalized spacial score (nSPS) is 21.7. The molecule has 5 heteroatoms. The first kappa shape index (κ1) is 15.7. The molecule has 2 atom stereocenters. The van der Waals surface area contributed by atoms with Gasteiger partial charge in [-0.1, -0.05) is 13.0 Å². The van der Waals surface area contributed by atoms with Crippen LogP contribution >= 0.6 is 0 Å². The SMILES string of the molecule is Cc1cc(C)c2[nH]cc(C(=O)N3CC[C@H](C)[C@H](O)C3)c(=O)c2c1. The van der Waals surface area contributed by atoms with Crippen molar-refractivity contribution in [2.75, 3.05) is 13.1 Å². The van der Waals surface area contributed by atoms with E-state index in [2.05, 4.69) is 4.98 Å². The number of likely N-dealkylation sites (tertiary alicyclic amines) is 1. The lowest BCUT2D eigenvalue weighted by atomic mass is 9.95. The molecule has 1 aromatic carbocycles. The number of nitrogens with zero attached hydrogens (tertiary/aromatic N) is 1. The molecule has 0 aliphatic carbocycles. The smallest absolute Gasteiger partial charge is 0.259 e. The maximum absolute atomic E-state index is 12.7. The number of aliphatic hydroxyl groups is 1. The van der Waals surface area contributed by atoms with E-state index in [1.54, 1.807) is 4.90 Å². The topological polar surface area (TPSA) is 73.4 Å². The lowest BCUT2D eigenvalue weighted by Gasteiger charge is -2.34. The van der Waals surface area contributed by atoms with E-state index in [0.717, 1.165) is 23.1 Å². The monoisotopic (exact) mass is 314 g/mol. The summed E-state index contributed by atoms with van der Waals surface area (Å²) in [6, 6.07) is 3.81. The van der Waals surface area contributed by atoms with Crippen LogP contribution in [0.2, 0.25) is 0 Å².